The first-order chi connectivity index (χ1) is 11.6. The van der Waals surface area contributed by atoms with Crippen molar-refractivity contribution >= 4 is 44.3 Å². The molecule has 1 fully saturated rings. The van der Waals surface area contributed by atoms with Crippen LogP contribution in [0.5, 0.6) is 0 Å². The van der Waals surface area contributed by atoms with E-state index in [1.807, 2.05) is 12.1 Å². The van der Waals surface area contributed by atoms with E-state index in [1.165, 1.54) is 11.3 Å². The second-order valence-corrected chi connectivity index (χ2v) is 6.60. The summed E-state index contributed by atoms with van der Waals surface area (Å²) in [5.74, 6) is -0.0686. The van der Waals surface area contributed by atoms with E-state index in [1.54, 1.807) is 13.0 Å². The van der Waals surface area contributed by atoms with Crippen molar-refractivity contribution < 1.29 is 14.3 Å². The SMILES string of the molecule is CCC(=O)Nc1nc2cc(NC(=O)NC[C@@H]3CCCO3)ccc2s1. The molecule has 0 spiro atoms. The molecule has 1 aromatic heterocycles. The highest BCUT2D eigenvalue weighted by Gasteiger charge is 2.16. The van der Waals surface area contributed by atoms with Gasteiger partial charge in [0.25, 0.3) is 0 Å². The van der Waals surface area contributed by atoms with E-state index in [0.29, 0.717) is 23.8 Å². The molecule has 2 aromatic rings. The molecular weight excluding hydrogens is 328 g/mol. The maximum atomic E-state index is 11.9. The standard InChI is InChI=1S/C16H20N4O3S/c1-2-14(21)20-16-19-12-8-10(5-6-13(12)24-16)18-15(22)17-9-11-4-3-7-23-11/h5-6,8,11H,2-4,7,9H2,1H3,(H2,17,18,22)(H,19,20,21)/t11-/m0/s1. The molecule has 1 aliphatic rings. The van der Waals surface area contributed by atoms with Crippen molar-refractivity contribution in [1.29, 1.82) is 0 Å². The van der Waals surface area contributed by atoms with Crippen molar-refractivity contribution in [3.8, 4) is 0 Å². The van der Waals surface area contributed by atoms with Gasteiger partial charge >= 0.3 is 6.03 Å². The Hall–Kier alpha value is -2.19. The molecule has 0 radical (unpaired) electrons. The molecule has 2 heterocycles. The largest absolute Gasteiger partial charge is 0.376 e. The molecule has 3 rings (SSSR count). The van der Waals surface area contributed by atoms with Crippen LogP contribution in [0.15, 0.2) is 18.2 Å². The fraction of sp³-hybridized carbons (Fsp3) is 0.438. The number of aromatic nitrogens is 1. The Morgan fingerprint density at radius 3 is 3.00 bits per heavy atom. The smallest absolute Gasteiger partial charge is 0.319 e. The molecule has 0 bridgehead atoms. The minimum absolute atomic E-state index is 0.0686. The van der Waals surface area contributed by atoms with E-state index < -0.39 is 0 Å². The predicted molar refractivity (Wildman–Crippen MR) is 94.5 cm³/mol. The van der Waals surface area contributed by atoms with Crippen LogP contribution < -0.4 is 16.0 Å². The van der Waals surface area contributed by atoms with Crippen molar-refractivity contribution in [2.45, 2.75) is 32.3 Å². The number of carbonyl (C=O) groups is 2. The van der Waals surface area contributed by atoms with Gasteiger partial charge in [-0.3, -0.25) is 4.79 Å². The van der Waals surface area contributed by atoms with Gasteiger partial charge in [-0.1, -0.05) is 18.3 Å². The summed E-state index contributed by atoms with van der Waals surface area (Å²) < 4.78 is 6.42. The topological polar surface area (TPSA) is 92.4 Å². The summed E-state index contributed by atoms with van der Waals surface area (Å²) in [5, 5.41) is 8.92. The van der Waals surface area contributed by atoms with Gasteiger partial charge in [0.15, 0.2) is 5.13 Å². The summed E-state index contributed by atoms with van der Waals surface area (Å²) in [6, 6.07) is 5.22. The van der Waals surface area contributed by atoms with Crippen LogP contribution in [0.3, 0.4) is 0 Å². The lowest BCUT2D eigenvalue weighted by Gasteiger charge is -2.11. The Kier molecular flexibility index (Phi) is 5.27. The fourth-order valence-corrected chi connectivity index (χ4v) is 3.32. The van der Waals surface area contributed by atoms with Crippen LogP contribution in [-0.4, -0.2) is 36.2 Å². The summed E-state index contributed by atoms with van der Waals surface area (Å²) in [6.07, 6.45) is 2.55. The van der Waals surface area contributed by atoms with Gasteiger partial charge in [-0.2, -0.15) is 0 Å². The third kappa shape index (κ3) is 4.21. The van der Waals surface area contributed by atoms with Crippen molar-refractivity contribution in [2.24, 2.45) is 0 Å². The third-order valence-electron chi connectivity index (χ3n) is 3.73. The maximum Gasteiger partial charge on any atom is 0.319 e. The zero-order valence-electron chi connectivity index (χ0n) is 13.4. The normalized spacial score (nSPS) is 17.0. The number of anilines is 2. The van der Waals surface area contributed by atoms with Crippen LogP contribution in [0.1, 0.15) is 26.2 Å². The summed E-state index contributed by atoms with van der Waals surface area (Å²) in [5.41, 5.74) is 1.40. The lowest BCUT2D eigenvalue weighted by molar-refractivity contribution is -0.115. The number of thiazole rings is 1. The molecule has 1 aliphatic heterocycles. The van der Waals surface area contributed by atoms with E-state index in [2.05, 4.69) is 20.9 Å². The molecule has 8 heteroatoms. The Labute approximate surface area is 143 Å². The van der Waals surface area contributed by atoms with Gasteiger partial charge in [-0.05, 0) is 31.0 Å². The maximum absolute atomic E-state index is 11.9. The molecule has 0 saturated carbocycles. The third-order valence-corrected chi connectivity index (χ3v) is 4.68. The number of amides is 3. The molecule has 7 nitrogen and oxygen atoms in total. The number of fused-ring (bicyclic) bond motifs is 1. The van der Waals surface area contributed by atoms with Crippen LogP contribution in [0.4, 0.5) is 15.6 Å². The number of benzene rings is 1. The lowest BCUT2D eigenvalue weighted by Crippen LogP contribution is -2.34. The number of urea groups is 1. The molecule has 3 amide bonds. The highest BCUT2D eigenvalue weighted by Crippen LogP contribution is 2.28. The van der Waals surface area contributed by atoms with Crippen LogP contribution in [-0.2, 0) is 9.53 Å². The lowest BCUT2D eigenvalue weighted by atomic mass is 10.2. The molecule has 1 aromatic carbocycles. The zero-order valence-corrected chi connectivity index (χ0v) is 14.2. The number of carbonyl (C=O) groups excluding carboxylic acids is 2. The van der Waals surface area contributed by atoms with Gasteiger partial charge in [0, 0.05) is 25.3 Å². The number of rotatable bonds is 5. The van der Waals surface area contributed by atoms with Gasteiger partial charge in [-0.15, -0.1) is 0 Å². The first kappa shape index (κ1) is 16.7. The summed E-state index contributed by atoms with van der Waals surface area (Å²) in [6.45, 7) is 3.07. The number of ether oxygens (including phenoxy) is 1. The summed E-state index contributed by atoms with van der Waals surface area (Å²) in [7, 11) is 0. The number of hydrogen-bond donors (Lipinski definition) is 3. The van der Waals surface area contributed by atoms with Crippen molar-refractivity contribution in [2.75, 3.05) is 23.8 Å². The van der Waals surface area contributed by atoms with E-state index in [0.717, 1.165) is 29.7 Å². The monoisotopic (exact) mass is 348 g/mol. The predicted octanol–water partition coefficient (Wildman–Crippen LogP) is 2.95. The van der Waals surface area contributed by atoms with Gasteiger partial charge in [-0.25, -0.2) is 9.78 Å². The molecular formula is C16H20N4O3S. The highest BCUT2D eigenvalue weighted by molar-refractivity contribution is 7.22. The molecule has 128 valence electrons. The Morgan fingerprint density at radius 1 is 1.38 bits per heavy atom. The molecule has 3 N–H and O–H groups in total. The Morgan fingerprint density at radius 2 is 2.25 bits per heavy atom. The molecule has 1 atom stereocenters. The number of nitrogens with one attached hydrogen (secondary N) is 3. The van der Waals surface area contributed by atoms with Crippen molar-refractivity contribution in [3.05, 3.63) is 18.2 Å². The van der Waals surface area contributed by atoms with Gasteiger partial charge < -0.3 is 20.7 Å². The number of nitrogens with zero attached hydrogens (tertiary/aromatic N) is 1. The average Bonchev–Trinajstić information content (AvgIpc) is 3.21. The minimum atomic E-state index is -0.264. The zero-order chi connectivity index (χ0) is 16.9. The Balaban J connectivity index is 1.59. The second kappa shape index (κ2) is 7.59. The van der Waals surface area contributed by atoms with Crippen LogP contribution in [0.2, 0.25) is 0 Å². The molecule has 0 aliphatic carbocycles. The van der Waals surface area contributed by atoms with E-state index in [4.69, 9.17) is 4.74 Å². The fourth-order valence-electron chi connectivity index (χ4n) is 2.45. The molecule has 0 unspecified atom stereocenters. The van der Waals surface area contributed by atoms with Crippen molar-refractivity contribution in [1.82, 2.24) is 10.3 Å². The summed E-state index contributed by atoms with van der Waals surface area (Å²) in [4.78, 5) is 27.7. The van der Waals surface area contributed by atoms with E-state index >= 15 is 0 Å². The van der Waals surface area contributed by atoms with Crippen LogP contribution in [0, 0.1) is 0 Å². The Bertz CT molecular complexity index is 740. The van der Waals surface area contributed by atoms with Crippen LogP contribution in [0.25, 0.3) is 10.2 Å². The van der Waals surface area contributed by atoms with Gasteiger partial charge in [0.05, 0.1) is 16.3 Å². The van der Waals surface area contributed by atoms with Crippen LogP contribution >= 0.6 is 11.3 Å². The van der Waals surface area contributed by atoms with E-state index in [-0.39, 0.29) is 18.0 Å². The van der Waals surface area contributed by atoms with E-state index in [9.17, 15) is 9.59 Å². The molecule has 24 heavy (non-hydrogen) atoms. The first-order valence-electron chi connectivity index (χ1n) is 8.01. The number of hydrogen-bond acceptors (Lipinski definition) is 5. The van der Waals surface area contributed by atoms with Gasteiger partial charge in [0.2, 0.25) is 5.91 Å². The second-order valence-electron chi connectivity index (χ2n) is 5.57. The van der Waals surface area contributed by atoms with Gasteiger partial charge in [0.1, 0.15) is 0 Å². The summed E-state index contributed by atoms with van der Waals surface area (Å²) >= 11 is 1.41. The highest BCUT2D eigenvalue weighted by atomic mass is 32.1. The molecule has 1 saturated heterocycles. The minimum Gasteiger partial charge on any atom is -0.376 e. The van der Waals surface area contributed by atoms with Crippen molar-refractivity contribution in [3.63, 3.8) is 0 Å². The first-order valence-corrected chi connectivity index (χ1v) is 8.82. The quantitative estimate of drug-likeness (QED) is 0.774. The average molecular weight is 348 g/mol.